The van der Waals surface area contributed by atoms with Crippen molar-refractivity contribution in [2.24, 2.45) is 0 Å². The van der Waals surface area contributed by atoms with E-state index in [4.69, 9.17) is 0 Å². The summed E-state index contributed by atoms with van der Waals surface area (Å²) >= 11 is 0. The summed E-state index contributed by atoms with van der Waals surface area (Å²) in [5, 5.41) is 0. The van der Waals surface area contributed by atoms with Gasteiger partial charge in [-0.05, 0) is 36.6 Å². The van der Waals surface area contributed by atoms with Crippen molar-refractivity contribution < 1.29 is 8.42 Å². The number of nitrogens with zero attached hydrogens (tertiary/aromatic N) is 1. The first-order valence-electron chi connectivity index (χ1n) is 6.77. The molecule has 4 heteroatoms. The Kier molecular flexibility index (Phi) is 5.03. The summed E-state index contributed by atoms with van der Waals surface area (Å²) in [5.41, 5.74) is 2.35. The maximum atomic E-state index is 11.9. The van der Waals surface area contributed by atoms with Crippen molar-refractivity contribution in [3.8, 4) is 12.0 Å². The van der Waals surface area contributed by atoms with Crippen LogP contribution < -0.4 is 4.31 Å². The van der Waals surface area contributed by atoms with Crippen LogP contribution in [0.5, 0.6) is 0 Å². The average molecular weight is 311 g/mol. The molecular formula is C18H17NO2S. The van der Waals surface area contributed by atoms with Gasteiger partial charge in [-0.15, -0.1) is 0 Å². The van der Waals surface area contributed by atoms with Gasteiger partial charge in [0.2, 0.25) is 10.0 Å². The van der Waals surface area contributed by atoms with Gasteiger partial charge < -0.3 is 0 Å². The minimum atomic E-state index is -3.45. The summed E-state index contributed by atoms with van der Waals surface area (Å²) < 4.78 is 24.9. The van der Waals surface area contributed by atoms with E-state index in [1.807, 2.05) is 49.4 Å². The Bertz CT molecular complexity index is 814. The predicted octanol–water partition coefficient (Wildman–Crippen LogP) is 3.52. The lowest BCUT2D eigenvalue weighted by atomic mass is 10.1. The number of para-hydroxylation sites is 1. The molecule has 0 fully saturated rings. The maximum Gasteiger partial charge on any atom is 0.243 e. The van der Waals surface area contributed by atoms with E-state index in [1.54, 1.807) is 24.3 Å². The van der Waals surface area contributed by atoms with Crippen LogP contribution >= 0.6 is 0 Å². The van der Waals surface area contributed by atoms with E-state index in [9.17, 15) is 8.42 Å². The number of hydrogen-bond donors (Lipinski definition) is 0. The van der Waals surface area contributed by atoms with Crippen LogP contribution in [0.2, 0.25) is 0 Å². The summed E-state index contributed by atoms with van der Waals surface area (Å²) in [6.07, 6.45) is 3.06. The SMILES string of the molecule is C/C(C#CN(c1ccccc1)S(C)(=O)=O)=C\c1ccccc1. The number of hydrogen-bond acceptors (Lipinski definition) is 2. The van der Waals surface area contributed by atoms with Crippen molar-refractivity contribution in [3.63, 3.8) is 0 Å². The van der Waals surface area contributed by atoms with E-state index in [0.717, 1.165) is 21.7 Å². The molecule has 0 saturated carbocycles. The molecule has 0 bridgehead atoms. The standard InChI is InChI=1S/C18H17NO2S/c1-16(15-17-9-5-3-6-10-17)13-14-19(22(2,20)21)18-11-7-4-8-12-18/h3-12,15H,1-2H3/b16-15+. The monoisotopic (exact) mass is 311 g/mol. The molecule has 0 aliphatic heterocycles. The quantitative estimate of drug-likeness (QED) is 0.642. The molecule has 0 heterocycles. The highest BCUT2D eigenvalue weighted by Crippen LogP contribution is 2.15. The van der Waals surface area contributed by atoms with Gasteiger partial charge in [-0.25, -0.2) is 8.42 Å². The van der Waals surface area contributed by atoms with Gasteiger partial charge in [-0.1, -0.05) is 48.5 Å². The minimum absolute atomic E-state index is 0.532. The molecule has 0 unspecified atom stereocenters. The third-order valence-electron chi connectivity index (χ3n) is 2.86. The molecule has 0 aliphatic carbocycles. The molecule has 0 spiro atoms. The summed E-state index contributed by atoms with van der Waals surface area (Å²) in [6.45, 7) is 1.85. The van der Waals surface area contributed by atoms with Crippen molar-refractivity contribution in [1.82, 2.24) is 0 Å². The lowest BCUT2D eigenvalue weighted by Gasteiger charge is -2.14. The molecule has 0 N–H and O–H groups in total. The zero-order valence-corrected chi connectivity index (χ0v) is 13.3. The van der Waals surface area contributed by atoms with Crippen LogP contribution in [0.4, 0.5) is 5.69 Å². The third-order valence-corrected chi connectivity index (χ3v) is 3.83. The van der Waals surface area contributed by atoms with Crippen LogP contribution in [0.15, 0.2) is 66.2 Å². The molecule has 0 aromatic heterocycles. The van der Waals surface area contributed by atoms with E-state index in [0.29, 0.717) is 5.69 Å². The highest BCUT2D eigenvalue weighted by atomic mass is 32.2. The normalized spacial score (nSPS) is 11.5. The third kappa shape index (κ3) is 4.51. The first kappa shape index (κ1) is 15.9. The van der Waals surface area contributed by atoms with Crippen LogP contribution in [-0.4, -0.2) is 14.7 Å². The molecule has 0 amide bonds. The van der Waals surface area contributed by atoms with Gasteiger partial charge in [0.25, 0.3) is 0 Å². The Morgan fingerprint density at radius 1 is 1.00 bits per heavy atom. The molecule has 2 aromatic carbocycles. The molecule has 22 heavy (non-hydrogen) atoms. The van der Waals surface area contributed by atoms with Crippen molar-refractivity contribution >= 4 is 21.8 Å². The van der Waals surface area contributed by atoms with E-state index >= 15 is 0 Å². The highest BCUT2D eigenvalue weighted by molar-refractivity contribution is 7.92. The van der Waals surface area contributed by atoms with Crippen molar-refractivity contribution in [1.29, 1.82) is 0 Å². The van der Waals surface area contributed by atoms with Gasteiger partial charge in [0, 0.05) is 11.6 Å². The van der Waals surface area contributed by atoms with Crippen LogP contribution in [0, 0.1) is 12.0 Å². The molecule has 0 radical (unpaired) electrons. The largest absolute Gasteiger partial charge is 0.243 e. The molecular weight excluding hydrogens is 294 g/mol. The van der Waals surface area contributed by atoms with Crippen molar-refractivity contribution in [2.75, 3.05) is 10.6 Å². The lowest BCUT2D eigenvalue weighted by Crippen LogP contribution is -2.24. The van der Waals surface area contributed by atoms with Crippen molar-refractivity contribution in [2.45, 2.75) is 6.92 Å². The van der Waals surface area contributed by atoms with Gasteiger partial charge in [0.15, 0.2) is 0 Å². The molecule has 0 atom stereocenters. The second-order valence-electron chi connectivity index (χ2n) is 4.84. The number of rotatable bonds is 3. The Morgan fingerprint density at radius 3 is 2.09 bits per heavy atom. The van der Waals surface area contributed by atoms with Gasteiger partial charge in [-0.3, -0.25) is 0 Å². The fourth-order valence-electron chi connectivity index (χ4n) is 1.88. The Balaban J connectivity index is 2.32. The smallest absolute Gasteiger partial charge is 0.206 e. The highest BCUT2D eigenvalue weighted by Gasteiger charge is 2.14. The number of allylic oxidation sites excluding steroid dienone is 1. The first-order chi connectivity index (χ1) is 10.5. The first-order valence-corrected chi connectivity index (χ1v) is 8.62. The molecule has 2 rings (SSSR count). The molecule has 0 aliphatic rings. The molecule has 112 valence electrons. The minimum Gasteiger partial charge on any atom is -0.206 e. The lowest BCUT2D eigenvalue weighted by molar-refractivity contribution is 0.602. The summed E-state index contributed by atoms with van der Waals surface area (Å²) in [4.78, 5) is 0. The van der Waals surface area contributed by atoms with Gasteiger partial charge in [0.1, 0.15) is 0 Å². The van der Waals surface area contributed by atoms with E-state index in [2.05, 4.69) is 12.0 Å². The van der Waals surface area contributed by atoms with Crippen LogP contribution in [0.1, 0.15) is 12.5 Å². The Labute approximate surface area is 132 Å². The van der Waals surface area contributed by atoms with E-state index in [-0.39, 0.29) is 0 Å². The van der Waals surface area contributed by atoms with E-state index < -0.39 is 10.0 Å². The molecule has 3 nitrogen and oxygen atoms in total. The number of anilines is 1. The fraction of sp³-hybridized carbons (Fsp3) is 0.111. The zero-order chi connectivity index (χ0) is 16.0. The summed E-state index contributed by atoms with van der Waals surface area (Å²) in [7, 11) is -3.45. The average Bonchev–Trinajstić information content (AvgIpc) is 2.48. The second kappa shape index (κ2) is 6.97. The summed E-state index contributed by atoms with van der Waals surface area (Å²) in [6, 6.07) is 21.3. The predicted molar refractivity (Wildman–Crippen MR) is 91.6 cm³/mol. The van der Waals surface area contributed by atoms with Crippen LogP contribution in [0.3, 0.4) is 0 Å². The maximum absolute atomic E-state index is 11.9. The van der Waals surface area contributed by atoms with Gasteiger partial charge in [-0.2, -0.15) is 4.31 Å². The fourth-order valence-corrected chi connectivity index (χ4v) is 2.59. The Hall–Kier alpha value is -2.51. The zero-order valence-electron chi connectivity index (χ0n) is 12.5. The molecule has 0 saturated heterocycles. The van der Waals surface area contributed by atoms with Gasteiger partial charge in [0.05, 0.1) is 11.9 Å². The van der Waals surface area contributed by atoms with Gasteiger partial charge >= 0.3 is 0 Å². The van der Waals surface area contributed by atoms with Crippen LogP contribution in [0.25, 0.3) is 6.08 Å². The number of sulfonamides is 1. The number of benzene rings is 2. The van der Waals surface area contributed by atoms with Crippen molar-refractivity contribution in [3.05, 3.63) is 71.8 Å². The van der Waals surface area contributed by atoms with Crippen LogP contribution in [-0.2, 0) is 10.0 Å². The van der Waals surface area contributed by atoms with E-state index in [1.165, 1.54) is 0 Å². The summed E-state index contributed by atoms with van der Waals surface area (Å²) in [5.74, 6) is 2.89. The second-order valence-corrected chi connectivity index (χ2v) is 6.67. The molecule has 2 aromatic rings. The topological polar surface area (TPSA) is 37.4 Å². The Morgan fingerprint density at radius 2 is 1.55 bits per heavy atom.